The third kappa shape index (κ3) is 5.94. The quantitative estimate of drug-likeness (QED) is 0.728. The Morgan fingerprint density at radius 1 is 1.07 bits per heavy atom. The lowest BCUT2D eigenvalue weighted by molar-refractivity contribution is 0.0570. The number of nitrogens with zero attached hydrogens (tertiary/aromatic N) is 3. The van der Waals surface area contributed by atoms with E-state index in [4.69, 9.17) is 4.74 Å². The van der Waals surface area contributed by atoms with Crippen molar-refractivity contribution in [3.8, 4) is 0 Å². The van der Waals surface area contributed by atoms with E-state index in [0.29, 0.717) is 38.3 Å². The molecule has 0 aliphatic carbocycles. The molecule has 1 aromatic heterocycles. The Kier molecular flexibility index (Phi) is 7.44. The molecule has 1 aliphatic heterocycles. The maximum atomic E-state index is 12.8. The Bertz CT molecular complexity index is 805. The molecule has 1 aromatic carbocycles. The fraction of sp³-hybridized carbons (Fsp3) is 0.409. The topological polar surface area (TPSA) is 74.8 Å². The summed E-state index contributed by atoms with van der Waals surface area (Å²) >= 11 is 0. The summed E-state index contributed by atoms with van der Waals surface area (Å²) in [6.45, 7) is 4.90. The first-order valence-corrected chi connectivity index (χ1v) is 10.1. The lowest BCUT2D eigenvalue weighted by atomic mass is 10.1. The summed E-state index contributed by atoms with van der Waals surface area (Å²) in [7, 11) is 0. The minimum Gasteiger partial charge on any atom is -0.450 e. The molecule has 0 radical (unpaired) electrons. The van der Waals surface area contributed by atoms with Crippen LogP contribution in [0.4, 0.5) is 10.5 Å². The Morgan fingerprint density at radius 3 is 2.52 bits per heavy atom. The van der Waals surface area contributed by atoms with E-state index in [0.717, 1.165) is 25.1 Å². The fourth-order valence-electron chi connectivity index (χ4n) is 3.31. The lowest BCUT2D eigenvalue weighted by Gasteiger charge is -2.34. The van der Waals surface area contributed by atoms with Gasteiger partial charge in [0.1, 0.15) is 0 Å². The first kappa shape index (κ1) is 20.6. The van der Waals surface area contributed by atoms with Crippen LogP contribution in [0.5, 0.6) is 0 Å². The van der Waals surface area contributed by atoms with E-state index in [1.54, 1.807) is 29.1 Å². The van der Waals surface area contributed by atoms with Crippen LogP contribution in [0.25, 0.3) is 0 Å². The molecule has 154 valence electrons. The van der Waals surface area contributed by atoms with Gasteiger partial charge in [-0.05, 0) is 31.4 Å². The number of aryl methyl sites for hydroxylation is 1. The van der Waals surface area contributed by atoms with E-state index in [1.807, 2.05) is 24.3 Å². The number of anilines is 1. The van der Waals surface area contributed by atoms with Crippen LogP contribution in [0, 0.1) is 0 Å². The highest BCUT2D eigenvalue weighted by atomic mass is 16.6. The molecule has 0 atom stereocenters. The van der Waals surface area contributed by atoms with Crippen molar-refractivity contribution in [2.75, 3.05) is 44.6 Å². The average Bonchev–Trinajstić information content (AvgIpc) is 2.77. The monoisotopic (exact) mass is 396 g/mol. The molecular formula is C22H28N4O3. The van der Waals surface area contributed by atoms with Crippen LogP contribution < -0.4 is 5.32 Å². The fourth-order valence-corrected chi connectivity index (χ4v) is 3.31. The van der Waals surface area contributed by atoms with Gasteiger partial charge in [0.15, 0.2) is 0 Å². The standard InChI is InChI=1S/C22H28N4O3/c1-2-29-22(28)26-13-11-25(12-14-26)21(27)19-15-20(17-23-16-19)24-10-6-9-18-7-4-3-5-8-18/h3-5,7-8,15-17,24H,2,6,9-14H2,1H3. The SMILES string of the molecule is CCOC(=O)N1CCN(C(=O)c2cncc(NCCCc3ccccc3)c2)CC1. The predicted octanol–water partition coefficient (Wildman–Crippen LogP) is 3.04. The number of ether oxygens (including phenoxy) is 1. The molecule has 2 heterocycles. The van der Waals surface area contributed by atoms with Gasteiger partial charge in [-0.15, -0.1) is 0 Å². The van der Waals surface area contributed by atoms with Gasteiger partial charge in [-0.2, -0.15) is 0 Å². The van der Waals surface area contributed by atoms with Gasteiger partial charge in [0, 0.05) is 45.1 Å². The largest absolute Gasteiger partial charge is 0.450 e. The molecule has 1 saturated heterocycles. The molecule has 2 amide bonds. The average molecular weight is 396 g/mol. The van der Waals surface area contributed by atoms with Crippen molar-refractivity contribution < 1.29 is 14.3 Å². The molecule has 29 heavy (non-hydrogen) atoms. The number of carbonyl (C=O) groups is 2. The van der Waals surface area contributed by atoms with Gasteiger partial charge in [0.05, 0.1) is 17.9 Å². The summed E-state index contributed by atoms with van der Waals surface area (Å²) in [6.07, 6.45) is 5.01. The Balaban J connectivity index is 1.47. The van der Waals surface area contributed by atoms with Crippen molar-refractivity contribution in [3.05, 3.63) is 59.9 Å². The number of amides is 2. The zero-order valence-electron chi connectivity index (χ0n) is 16.8. The summed E-state index contributed by atoms with van der Waals surface area (Å²) in [5.41, 5.74) is 2.72. The lowest BCUT2D eigenvalue weighted by Crippen LogP contribution is -2.50. The minimum atomic E-state index is -0.317. The van der Waals surface area contributed by atoms with Gasteiger partial charge < -0.3 is 19.9 Å². The second kappa shape index (κ2) is 10.5. The number of benzene rings is 1. The van der Waals surface area contributed by atoms with Crippen molar-refractivity contribution in [1.29, 1.82) is 0 Å². The Labute approximate surface area is 171 Å². The van der Waals surface area contributed by atoms with E-state index < -0.39 is 0 Å². The van der Waals surface area contributed by atoms with E-state index >= 15 is 0 Å². The molecule has 0 spiro atoms. The van der Waals surface area contributed by atoms with Gasteiger partial charge in [-0.25, -0.2) is 4.79 Å². The third-order valence-electron chi connectivity index (χ3n) is 4.89. The normalized spacial score (nSPS) is 13.8. The highest BCUT2D eigenvalue weighted by Crippen LogP contribution is 2.13. The van der Waals surface area contributed by atoms with Crippen LogP contribution in [-0.2, 0) is 11.2 Å². The Morgan fingerprint density at radius 2 is 1.79 bits per heavy atom. The summed E-state index contributed by atoms with van der Waals surface area (Å²) in [6, 6.07) is 12.2. The van der Waals surface area contributed by atoms with Crippen LogP contribution in [0.15, 0.2) is 48.8 Å². The van der Waals surface area contributed by atoms with E-state index in [1.165, 1.54) is 5.56 Å². The van der Waals surface area contributed by atoms with Crippen molar-refractivity contribution in [1.82, 2.24) is 14.8 Å². The van der Waals surface area contributed by atoms with Crippen LogP contribution in [-0.4, -0.2) is 66.1 Å². The van der Waals surface area contributed by atoms with E-state index in [9.17, 15) is 9.59 Å². The van der Waals surface area contributed by atoms with Crippen molar-refractivity contribution in [2.45, 2.75) is 19.8 Å². The number of carbonyl (C=O) groups excluding carboxylic acids is 2. The first-order chi connectivity index (χ1) is 14.2. The summed E-state index contributed by atoms with van der Waals surface area (Å²) in [4.78, 5) is 32.2. The van der Waals surface area contributed by atoms with Gasteiger partial charge >= 0.3 is 6.09 Å². The van der Waals surface area contributed by atoms with Crippen LogP contribution in [0.2, 0.25) is 0 Å². The highest BCUT2D eigenvalue weighted by molar-refractivity contribution is 5.94. The van der Waals surface area contributed by atoms with Crippen molar-refractivity contribution >= 4 is 17.7 Å². The number of hydrogen-bond acceptors (Lipinski definition) is 5. The summed E-state index contributed by atoms with van der Waals surface area (Å²) < 4.78 is 5.02. The third-order valence-corrected chi connectivity index (χ3v) is 4.89. The van der Waals surface area contributed by atoms with Crippen LogP contribution in [0.3, 0.4) is 0 Å². The van der Waals surface area contributed by atoms with E-state index in [2.05, 4.69) is 22.4 Å². The maximum absolute atomic E-state index is 12.8. The summed E-state index contributed by atoms with van der Waals surface area (Å²) in [5, 5.41) is 3.35. The predicted molar refractivity (Wildman–Crippen MR) is 112 cm³/mol. The molecule has 2 aromatic rings. The zero-order valence-corrected chi connectivity index (χ0v) is 16.8. The minimum absolute atomic E-state index is 0.0612. The number of aromatic nitrogens is 1. The number of nitrogens with one attached hydrogen (secondary N) is 1. The summed E-state index contributed by atoms with van der Waals surface area (Å²) in [5.74, 6) is -0.0612. The molecular weight excluding hydrogens is 368 g/mol. The molecule has 1 fully saturated rings. The molecule has 0 saturated carbocycles. The smallest absolute Gasteiger partial charge is 0.409 e. The first-order valence-electron chi connectivity index (χ1n) is 10.1. The van der Waals surface area contributed by atoms with E-state index in [-0.39, 0.29) is 12.0 Å². The van der Waals surface area contributed by atoms with Crippen LogP contribution in [0.1, 0.15) is 29.3 Å². The van der Waals surface area contributed by atoms with Gasteiger partial charge in [0.2, 0.25) is 0 Å². The molecule has 7 heteroatoms. The number of hydrogen-bond donors (Lipinski definition) is 1. The zero-order chi connectivity index (χ0) is 20.5. The highest BCUT2D eigenvalue weighted by Gasteiger charge is 2.25. The second-order valence-corrected chi connectivity index (χ2v) is 6.96. The number of piperazine rings is 1. The van der Waals surface area contributed by atoms with Gasteiger partial charge in [-0.1, -0.05) is 30.3 Å². The molecule has 0 unspecified atom stereocenters. The number of rotatable bonds is 7. The molecule has 1 N–H and O–H groups in total. The Hall–Kier alpha value is -3.09. The van der Waals surface area contributed by atoms with Crippen molar-refractivity contribution in [2.24, 2.45) is 0 Å². The maximum Gasteiger partial charge on any atom is 0.409 e. The van der Waals surface area contributed by atoms with Crippen molar-refractivity contribution in [3.63, 3.8) is 0 Å². The molecule has 1 aliphatic rings. The molecule has 0 bridgehead atoms. The number of pyridine rings is 1. The second-order valence-electron chi connectivity index (χ2n) is 6.96. The van der Waals surface area contributed by atoms with Gasteiger partial charge in [-0.3, -0.25) is 9.78 Å². The molecule has 7 nitrogen and oxygen atoms in total. The molecule has 3 rings (SSSR count). The van der Waals surface area contributed by atoms with Gasteiger partial charge in [0.25, 0.3) is 5.91 Å². The van der Waals surface area contributed by atoms with Crippen LogP contribution >= 0.6 is 0 Å².